The summed E-state index contributed by atoms with van der Waals surface area (Å²) in [5, 5.41) is 6.17. The minimum atomic E-state index is -0.468. The molecule has 1 saturated carbocycles. The second-order valence-corrected chi connectivity index (χ2v) is 8.20. The van der Waals surface area contributed by atoms with E-state index in [9.17, 15) is 14.4 Å². The van der Waals surface area contributed by atoms with Crippen molar-refractivity contribution in [1.29, 1.82) is 0 Å². The van der Waals surface area contributed by atoms with Crippen molar-refractivity contribution in [2.24, 2.45) is 11.8 Å². The first-order valence-electron chi connectivity index (χ1n) is 7.23. The van der Waals surface area contributed by atoms with Crippen molar-refractivity contribution >= 4 is 55.4 Å². The topological polar surface area (TPSA) is 92.5 Å². The molecule has 1 aliphatic heterocycles. The molecule has 0 unspecified atom stereocenters. The Morgan fingerprint density at radius 2 is 1.87 bits per heavy atom. The number of anilines is 1. The number of hydrogen-bond acceptors (Lipinski definition) is 5. The van der Waals surface area contributed by atoms with E-state index < -0.39 is 5.91 Å². The summed E-state index contributed by atoms with van der Waals surface area (Å²) in [5.74, 6) is -0.864. The summed E-state index contributed by atoms with van der Waals surface area (Å²) >= 11 is 7.06. The highest BCUT2D eigenvalue weighted by molar-refractivity contribution is 9.12. The van der Waals surface area contributed by atoms with Crippen LogP contribution in [0.1, 0.15) is 18.6 Å². The Morgan fingerprint density at radius 3 is 2.35 bits per heavy atom. The molecule has 1 aromatic rings. The number of amides is 3. The molecule has 7 nitrogen and oxygen atoms in total. The fourth-order valence-electron chi connectivity index (χ4n) is 3.07. The van der Waals surface area contributed by atoms with Crippen LogP contribution in [0.15, 0.2) is 10.6 Å². The molecule has 1 saturated heterocycles. The second kappa shape index (κ2) is 6.35. The zero-order chi connectivity index (χ0) is 16.7. The highest BCUT2D eigenvalue weighted by Crippen LogP contribution is 2.43. The lowest BCUT2D eigenvalue weighted by molar-refractivity contribution is -0.142. The normalized spacial score (nSPS) is 30.5. The van der Waals surface area contributed by atoms with Crippen molar-refractivity contribution in [3.8, 4) is 0 Å². The van der Waals surface area contributed by atoms with Gasteiger partial charge in [0.1, 0.15) is 12.3 Å². The SMILES string of the molecule is Cc1cc(NC(=O)CN2C(=O)[C@H]3C[C@H](Br)[C@@H](Br)C[C@H]3C2=O)no1. The number of alkyl halides is 2. The molecule has 9 heteroatoms. The molecule has 2 aliphatic rings. The molecule has 23 heavy (non-hydrogen) atoms. The number of carbonyl (C=O) groups excluding carboxylic acids is 3. The van der Waals surface area contributed by atoms with E-state index in [-0.39, 0.29) is 45.7 Å². The number of rotatable bonds is 3. The van der Waals surface area contributed by atoms with Gasteiger partial charge in [-0.1, -0.05) is 37.0 Å². The maximum atomic E-state index is 12.4. The molecule has 1 aliphatic carbocycles. The van der Waals surface area contributed by atoms with Crippen molar-refractivity contribution in [3.05, 3.63) is 11.8 Å². The number of halogens is 2. The third-order valence-corrected chi connectivity index (χ3v) is 6.93. The minimum absolute atomic E-state index is 0.146. The maximum Gasteiger partial charge on any atom is 0.245 e. The Kier molecular flexibility index (Phi) is 4.59. The number of fused-ring (bicyclic) bond motifs is 1. The zero-order valence-electron chi connectivity index (χ0n) is 12.3. The van der Waals surface area contributed by atoms with Crippen molar-refractivity contribution in [1.82, 2.24) is 10.1 Å². The van der Waals surface area contributed by atoms with E-state index >= 15 is 0 Å². The number of imide groups is 1. The number of aromatic nitrogens is 1. The molecule has 3 rings (SSSR count). The summed E-state index contributed by atoms with van der Waals surface area (Å²) in [6.07, 6.45) is 1.18. The fraction of sp³-hybridized carbons (Fsp3) is 0.571. The van der Waals surface area contributed by atoms with Gasteiger partial charge in [-0.2, -0.15) is 0 Å². The highest BCUT2D eigenvalue weighted by atomic mass is 79.9. The second-order valence-electron chi connectivity index (χ2n) is 5.85. The zero-order valence-corrected chi connectivity index (χ0v) is 15.5. The van der Waals surface area contributed by atoms with Crippen LogP contribution in [-0.2, 0) is 14.4 Å². The lowest BCUT2D eigenvalue weighted by Gasteiger charge is -2.29. The molecule has 0 bridgehead atoms. The Hall–Kier alpha value is -1.22. The summed E-state index contributed by atoms with van der Waals surface area (Å²) in [4.78, 5) is 38.3. The summed E-state index contributed by atoms with van der Waals surface area (Å²) in [5.41, 5.74) is 0. The number of aryl methyl sites for hydroxylation is 1. The maximum absolute atomic E-state index is 12.4. The van der Waals surface area contributed by atoms with Gasteiger partial charge in [-0.25, -0.2) is 0 Å². The van der Waals surface area contributed by atoms with Crippen molar-refractivity contribution in [3.63, 3.8) is 0 Å². The number of nitrogens with one attached hydrogen (secondary N) is 1. The van der Waals surface area contributed by atoms with Crippen LogP contribution in [0.5, 0.6) is 0 Å². The van der Waals surface area contributed by atoms with Gasteiger partial charge in [0.05, 0.1) is 11.8 Å². The molecule has 0 spiro atoms. The Labute approximate surface area is 149 Å². The molecule has 4 atom stereocenters. The van der Waals surface area contributed by atoms with Crippen LogP contribution in [0.2, 0.25) is 0 Å². The van der Waals surface area contributed by atoms with Gasteiger partial charge < -0.3 is 9.84 Å². The lowest BCUT2D eigenvalue weighted by Crippen LogP contribution is -2.38. The molecule has 3 amide bonds. The van der Waals surface area contributed by atoms with Crippen molar-refractivity contribution < 1.29 is 18.9 Å². The third-order valence-electron chi connectivity index (χ3n) is 4.20. The first-order valence-corrected chi connectivity index (χ1v) is 9.06. The van der Waals surface area contributed by atoms with Crippen molar-refractivity contribution in [2.45, 2.75) is 29.4 Å². The van der Waals surface area contributed by atoms with E-state index in [2.05, 4.69) is 42.3 Å². The number of likely N-dealkylation sites (tertiary alicyclic amines) is 1. The number of hydrogen-bond donors (Lipinski definition) is 1. The van der Waals surface area contributed by atoms with Crippen LogP contribution in [0, 0.1) is 18.8 Å². The first kappa shape index (κ1) is 16.6. The predicted molar refractivity (Wildman–Crippen MR) is 88.2 cm³/mol. The Balaban J connectivity index is 1.67. The van der Waals surface area contributed by atoms with Crippen LogP contribution in [0.3, 0.4) is 0 Å². The molecule has 2 heterocycles. The van der Waals surface area contributed by atoms with Crippen LogP contribution < -0.4 is 5.32 Å². The quantitative estimate of drug-likeness (QED) is 0.562. The smallest absolute Gasteiger partial charge is 0.245 e. The van der Waals surface area contributed by atoms with Gasteiger partial charge in [-0.3, -0.25) is 19.3 Å². The van der Waals surface area contributed by atoms with E-state index in [1.54, 1.807) is 13.0 Å². The molecule has 1 N–H and O–H groups in total. The van der Waals surface area contributed by atoms with Gasteiger partial charge in [0.2, 0.25) is 17.7 Å². The van der Waals surface area contributed by atoms with Crippen molar-refractivity contribution in [2.75, 3.05) is 11.9 Å². The summed E-state index contributed by atoms with van der Waals surface area (Å²) in [6, 6.07) is 1.57. The van der Waals surface area contributed by atoms with E-state index in [0.29, 0.717) is 18.6 Å². The first-order chi connectivity index (χ1) is 10.9. The van der Waals surface area contributed by atoms with E-state index in [1.807, 2.05) is 0 Å². The van der Waals surface area contributed by atoms with Gasteiger partial charge in [0, 0.05) is 15.7 Å². The number of nitrogens with zero attached hydrogens (tertiary/aromatic N) is 2. The van der Waals surface area contributed by atoms with Gasteiger partial charge in [0.15, 0.2) is 5.82 Å². The average Bonchev–Trinajstić information content (AvgIpc) is 2.98. The summed E-state index contributed by atoms with van der Waals surface area (Å²) < 4.78 is 4.86. The molecular weight excluding hydrogens is 434 g/mol. The Bertz CT molecular complexity index is 634. The van der Waals surface area contributed by atoms with E-state index in [0.717, 1.165) is 4.90 Å². The van der Waals surface area contributed by atoms with Crippen LogP contribution in [0.4, 0.5) is 5.82 Å². The van der Waals surface area contributed by atoms with Crippen LogP contribution in [0.25, 0.3) is 0 Å². The monoisotopic (exact) mass is 447 g/mol. The standard InChI is InChI=1S/C14H15Br2N3O4/c1-6-2-11(18-23-6)17-12(20)5-19-13(21)7-3-9(15)10(16)4-8(7)14(19)22/h2,7-10H,3-5H2,1H3,(H,17,18,20)/t7-,8+,9-,10-/m0/s1. The molecule has 2 fully saturated rings. The molecule has 124 valence electrons. The summed E-state index contributed by atoms with van der Waals surface area (Å²) in [6.45, 7) is 1.41. The molecule has 0 radical (unpaired) electrons. The van der Waals surface area contributed by atoms with Crippen LogP contribution >= 0.6 is 31.9 Å². The average molecular weight is 449 g/mol. The Morgan fingerprint density at radius 1 is 1.30 bits per heavy atom. The largest absolute Gasteiger partial charge is 0.360 e. The molecule has 0 aromatic carbocycles. The fourth-order valence-corrected chi connectivity index (χ4v) is 4.31. The molecular formula is C14H15Br2N3O4. The molecule has 1 aromatic heterocycles. The predicted octanol–water partition coefficient (Wildman–Crippen LogP) is 1.84. The van der Waals surface area contributed by atoms with Gasteiger partial charge in [-0.15, -0.1) is 0 Å². The lowest BCUT2D eigenvalue weighted by atomic mass is 9.81. The highest BCUT2D eigenvalue weighted by Gasteiger charge is 2.52. The number of carbonyl (C=O) groups is 3. The van der Waals surface area contributed by atoms with Gasteiger partial charge in [0.25, 0.3) is 0 Å². The summed E-state index contributed by atoms with van der Waals surface area (Å²) in [7, 11) is 0. The van der Waals surface area contributed by atoms with Gasteiger partial charge in [-0.05, 0) is 19.8 Å². The van der Waals surface area contributed by atoms with Crippen LogP contribution in [-0.4, -0.2) is 44.0 Å². The van der Waals surface area contributed by atoms with Gasteiger partial charge >= 0.3 is 0 Å². The van der Waals surface area contributed by atoms with E-state index in [1.165, 1.54) is 0 Å². The third kappa shape index (κ3) is 3.21. The van der Waals surface area contributed by atoms with E-state index in [4.69, 9.17) is 4.52 Å². The minimum Gasteiger partial charge on any atom is -0.360 e.